The number of alkyl halides is 3. The Labute approximate surface area is 113 Å². The molecular weight excluding hydrogens is 259 g/mol. The molecule has 1 unspecified atom stereocenters. The molecule has 0 heterocycles. The van der Waals surface area contributed by atoms with Gasteiger partial charge >= 0.3 is 6.18 Å². The van der Waals surface area contributed by atoms with Gasteiger partial charge in [-0.15, -0.1) is 0 Å². The van der Waals surface area contributed by atoms with Gasteiger partial charge < -0.3 is 15.2 Å². The van der Waals surface area contributed by atoms with Crippen LogP contribution in [0.2, 0.25) is 0 Å². The molecular formula is C13H26F3NO2. The summed E-state index contributed by atoms with van der Waals surface area (Å²) in [6, 6.07) is 0. The molecule has 6 heteroatoms. The minimum absolute atomic E-state index is 0.00878. The molecule has 0 aliphatic heterocycles. The lowest BCUT2D eigenvalue weighted by Crippen LogP contribution is -2.46. The maximum Gasteiger partial charge on any atom is 0.389 e. The normalized spacial score (nSPS) is 15.5. The molecule has 0 aliphatic carbocycles. The van der Waals surface area contributed by atoms with E-state index in [1.54, 1.807) is 0 Å². The van der Waals surface area contributed by atoms with Crippen LogP contribution in [0.15, 0.2) is 0 Å². The van der Waals surface area contributed by atoms with Crippen molar-refractivity contribution in [2.45, 2.75) is 57.7 Å². The Morgan fingerprint density at radius 2 is 1.68 bits per heavy atom. The third-order valence-electron chi connectivity index (χ3n) is 2.92. The van der Waals surface area contributed by atoms with Crippen LogP contribution < -0.4 is 5.32 Å². The van der Waals surface area contributed by atoms with E-state index in [0.717, 1.165) is 25.8 Å². The van der Waals surface area contributed by atoms with Gasteiger partial charge in [-0.25, -0.2) is 0 Å². The molecule has 0 radical (unpaired) electrons. The first kappa shape index (κ1) is 18.7. The second kappa shape index (κ2) is 9.55. The molecule has 19 heavy (non-hydrogen) atoms. The molecule has 0 fully saturated rings. The van der Waals surface area contributed by atoms with Crippen LogP contribution in [-0.4, -0.2) is 43.2 Å². The molecule has 0 saturated heterocycles. The van der Waals surface area contributed by atoms with Gasteiger partial charge in [-0.2, -0.15) is 13.2 Å². The van der Waals surface area contributed by atoms with Crippen molar-refractivity contribution in [1.82, 2.24) is 5.32 Å². The van der Waals surface area contributed by atoms with Crippen LogP contribution in [-0.2, 0) is 4.74 Å². The summed E-state index contributed by atoms with van der Waals surface area (Å²) in [6.07, 6.45) is -2.43. The average molecular weight is 285 g/mol. The number of nitrogens with one attached hydrogen (secondary N) is 1. The largest absolute Gasteiger partial charge is 0.394 e. The van der Waals surface area contributed by atoms with Gasteiger partial charge in [-0.3, -0.25) is 0 Å². The fourth-order valence-corrected chi connectivity index (χ4v) is 1.69. The maximum atomic E-state index is 11.9. The lowest BCUT2D eigenvalue weighted by molar-refractivity contribution is -0.137. The summed E-state index contributed by atoms with van der Waals surface area (Å²) in [6.45, 7) is 5.43. The highest BCUT2D eigenvalue weighted by Crippen LogP contribution is 2.21. The van der Waals surface area contributed by atoms with Gasteiger partial charge in [0.1, 0.15) is 0 Å². The van der Waals surface area contributed by atoms with Gasteiger partial charge in [0.15, 0.2) is 0 Å². The maximum absolute atomic E-state index is 11.9. The van der Waals surface area contributed by atoms with E-state index in [4.69, 9.17) is 4.74 Å². The summed E-state index contributed by atoms with van der Waals surface area (Å²) in [5.74, 6) is 0. The lowest BCUT2D eigenvalue weighted by Gasteiger charge is -2.28. The van der Waals surface area contributed by atoms with Gasteiger partial charge in [0.25, 0.3) is 0 Å². The van der Waals surface area contributed by atoms with Crippen molar-refractivity contribution in [3.8, 4) is 0 Å². The summed E-state index contributed by atoms with van der Waals surface area (Å²) < 4.78 is 40.7. The summed E-state index contributed by atoms with van der Waals surface area (Å²) in [5.41, 5.74) is -0.328. The molecule has 116 valence electrons. The quantitative estimate of drug-likeness (QED) is 0.574. The molecule has 0 aliphatic rings. The number of aliphatic hydroxyl groups is 1. The Kier molecular flexibility index (Phi) is 9.39. The molecule has 0 bridgehead atoms. The highest BCUT2D eigenvalue weighted by atomic mass is 19.4. The van der Waals surface area contributed by atoms with Crippen LogP contribution in [0, 0.1) is 0 Å². The molecule has 0 aromatic heterocycles. The van der Waals surface area contributed by atoms with Crippen LogP contribution in [0.3, 0.4) is 0 Å². The van der Waals surface area contributed by atoms with Gasteiger partial charge in [0.05, 0.1) is 6.61 Å². The van der Waals surface area contributed by atoms with E-state index in [0.29, 0.717) is 6.61 Å². The monoisotopic (exact) mass is 285 g/mol. The Balaban J connectivity index is 3.56. The molecule has 0 amide bonds. The predicted octanol–water partition coefficient (Wildman–Crippen LogP) is 2.88. The van der Waals surface area contributed by atoms with Gasteiger partial charge in [-0.05, 0) is 39.2 Å². The Bertz CT molecular complexity index is 224. The van der Waals surface area contributed by atoms with Gasteiger partial charge in [0, 0.05) is 25.2 Å². The number of rotatable bonds is 11. The molecule has 0 spiro atoms. The third kappa shape index (κ3) is 11.2. The van der Waals surface area contributed by atoms with Crippen molar-refractivity contribution < 1.29 is 23.0 Å². The van der Waals surface area contributed by atoms with Crippen molar-refractivity contribution >= 4 is 0 Å². The van der Waals surface area contributed by atoms with Crippen LogP contribution in [0.5, 0.6) is 0 Å². The first-order valence-electron chi connectivity index (χ1n) is 6.83. The van der Waals surface area contributed by atoms with E-state index in [2.05, 4.69) is 12.2 Å². The van der Waals surface area contributed by atoms with E-state index >= 15 is 0 Å². The second-order valence-electron chi connectivity index (χ2n) is 5.08. The topological polar surface area (TPSA) is 41.5 Å². The summed E-state index contributed by atoms with van der Waals surface area (Å²) in [5, 5.41) is 12.6. The van der Waals surface area contributed by atoms with E-state index in [1.165, 1.54) is 0 Å². The highest BCUT2D eigenvalue weighted by molar-refractivity contribution is 4.81. The van der Waals surface area contributed by atoms with Gasteiger partial charge in [-0.1, -0.05) is 6.92 Å². The highest BCUT2D eigenvalue weighted by Gasteiger charge is 2.26. The van der Waals surface area contributed by atoms with Crippen LogP contribution >= 0.6 is 0 Å². The number of ether oxygens (including phenoxy) is 1. The predicted molar refractivity (Wildman–Crippen MR) is 69.1 cm³/mol. The van der Waals surface area contributed by atoms with Crippen molar-refractivity contribution in [3.05, 3.63) is 0 Å². The van der Waals surface area contributed by atoms with Crippen LogP contribution in [0.1, 0.15) is 46.0 Å². The molecule has 1 atom stereocenters. The zero-order valence-electron chi connectivity index (χ0n) is 11.9. The van der Waals surface area contributed by atoms with Crippen LogP contribution in [0.25, 0.3) is 0 Å². The standard InChI is InChI=1S/C13H26F3NO2/c1-3-8-17-12(2,11-18)6-4-9-19-10-5-7-13(14,15)16/h17-18H,3-11H2,1-2H3. The Hall–Kier alpha value is -0.330. The zero-order chi connectivity index (χ0) is 14.8. The first-order chi connectivity index (χ1) is 8.83. The minimum Gasteiger partial charge on any atom is -0.394 e. The third-order valence-corrected chi connectivity index (χ3v) is 2.92. The summed E-state index contributed by atoms with van der Waals surface area (Å²) in [4.78, 5) is 0. The molecule has 0 aromatic rings. The fraction of sp³-hybridized carbons (Fsp3) is 1.00. The van der Waals surface area contributed by atoms with Crippen molar-refractivity contribution in [3.63, 3.8) is 0 Å². The molecule has 0 rings (SSSR count). The minimum atomic E-state index is -4.09. The second-order valence-corrected chi connectivity index (χ2v) is 5.08. The number of hydrogen-bond acceptors (Lipinski definition) is 3. The molecule has 2 N–H and O–H groups in total. The summed E-state index contributed by atoms with van der Waals surface area (Å²) >= 11 is 0. The molecule has 0 aromatic carbocycles. The molecule has 3 nitrogen and oxygen atoms in total. The fourth-order valence-electron chi connectivity index (χ4n) is 1.69. The van der Waals surface area contributed by atoms with Crippen molar-refractivity contribution in [1.29, 1.82) is 0 Å². The average Bonchev–Trinajstić information content (AvgIpc) is 2.34. The van der Waals surface area contributed by atoms with Crippen LogP contribution in [0.4, 0.5) is 13.2 Å². The smallest absolute Gasteiger partial charge is 0.389 e. The zero-order valence-corrected chi connectivity index (χ0v) is 11.9. The number of aliphatic hydroxyl groups excluding tert-OH is 1. The number of halogens is 3. The van der Waals surface area contributed by atoms with E-state index in [9.17, 15) is 18.3 Å². The summed E-state index contributed by atoms with van der Waals surface area (Å²) in [7, 11) is 0. The van der Waals surface area contributed by atoms with E-state index < -0.39 is 12.6 Å². The molecule has 0 saturated carbocycles. The SMILES string of the molecule is CCCNC(C)(CO)CCCOCCCC(F)(F)F. The Morgan fingerprint density at radius 3 is 2.16 bits per heavy atom. The first-order valence-corrected chi connectivity index (χ1v) is 6.83. The Morgan fingerprint density at radius 1 is 1.11 bits per heavy atom. The van der Waals surface area contributed by atoms with Crippen molar-refractivity contribution in [2.24, 2.45) is 0 Å². The lowest BCUT2D eigenvalue weighted by atomic mass is 9.97. The van der Waals surface area contributed by atoms with E-state index in [-0.39, 0.29) is 25.2 Å². The van der Waals surface area contributed by atoms with Gasteiger partial charge in [0.2, 0.25) is 0 Å². The van der Waals surface area contributed by atoms with Crippen molar-refractivity contribution in [2.75, 3.05) is 26.4 Å². The van der Waals surface area contributed by atoms with E-state index in [1.807, 2.05) is 6.92 Å². The number of hydrogen-bond donors (Lipinski definition) is 2.